The van der Waals surface area contributed by atoms with E-state index in [4.69, 9.17) is 4.74 Å². The van der Waals surface area contributed by atoms with Crippen LogP contribution >= 0.6 is 0 Å². The van der Waals surface area contributed by atoms with Gasteiger partial charge in [-0.05, 0) is 23.7 Å². The van der Waals surface area contributed by atoms with Gasteiger partial charge < -0.3 is 4.74 Å². The summed E-state index contributed by atoms with van der Waals surface area (Å²) in [5, 5.41) is 0. The Labute approximate surface area is 93.8 Å². The number of benzene rings is 1. The Morgan fingerprint density at radius 1 is 1.33 bits per heavy atom. The summed E-state index contributed by atoms with van der Waals surface area (Å²) in [5.74, 6) is 0.950. The lowest BCUT2D eigenvalue weighted by Crippen LogP contribution is -2.22. The van der Waals surface area contributed by atoms with E-state index in [2.05, 4.69) is 26.2 Å². The first-order valence-corrected chi connectivity index (χ1v) is 9.07. The van der Waals surface area contributed by atoms with E-state index in [1.165, 1.54) is 6.04 Å². The van der Waals surface area contributed by atoms with Crippen LogP contribution in [0.4, 0.5) is 0 Å². The molecule has 0 aliphatic carbocycles. The van der Waals surface area contributed by atoms with Crippen molar-refractivity contribution in [3.8, 4) is 5.75 Å². The standard InChI is InChI=1S/C13H20OSi/c1-5-12-7-6-8-13(11-12)14-9-10-15(2,3)4/h5-8,11H,1,9-10H2,2-4H3. The summed E-state index contributed by atoms with van der Waals surface area (Å²) in [7, 11) is -0.978. The molecule has 82 valence electrons. The summed E-state index contributed by atoms with van der Waals surface area (Å²) in [6.07, 6.45) is 1.84. The zero-order valence-corrected chi connectivity index (χ0v) is 10.9. The van der Waals surface area contributed by atoms with Crippen LogP contribution < -0.4 is 4.74 Å². The highest BCUT2D eigenvalue weighted by atomic mass is 28.3. The molecule has 0 amide bonds. The molecular weight excluding hydrogens is 200 g/mol. The van der Waals surface area contributed by atoms with Crippen molar-refractivity contribution in [1.29, 1.82) is 0 Å². The van der Waals surface area contributed by atoms with Crippen LogP contribution in [-0.2, 0) is 0 Å². The quantitative estimate of drug-likeness (QED) is 0.680. The number of ether oxygens (including phenoxy) is 1. The maximum absolute atomic E-state index is 5.71. The summed E-state index contributed by atoms with van der Waals surface area (Å²) >= 11 is 0. The maximum Gasteiger partial charge on any atom is 0.119 e. The van der Waals surface area contributed by atoms with Gasteiger partial charge in [0.2, 0.25) is 0 Å². The molecule has 0 unspecified atom stereocenters. The van der Waals surface area contributed by atoms with Gasteiger partial charge in [0.15, 0.2) is 0 Å². The third kappa shape index (κ3) is 4.84. The molecule has 0 fully saturated rings. The van der Waals surface area contributed by atoms with Crippen LogP contribution in [0.3, 0.4) is 0 Å². The molecule has 0 saturated carbocycles. The lowest BCUT2D eigenvalue weighted by Gasteiger charge is -2.16. The van der Waals surface area contributed by atoms with E-state index in [1.807, 2.05) is 30.3 Å². The maximum atomic E-state index is 5.71. The van der Waals surface area contributed by atoms with Gasteiger partial charge in [0.25, 0.3) is 0 Å². The molecule has 0 bridgehead atoms. The molecule has 1 nitrogen and oxygen atoms in total. The molecular formula is C13H20OSi. The molecule has 0 saturated heterocycles. The first-order valence-electron chi connectivity index (χ1n) is 5.36. The molecule has 1 aromatic rings. The molecule has 1 rings (SSSR count). The Kier molecular flexibility index (Phi) is 4.15. The van der Waals surface area contributed by atoms with Gasteiger partial charge in [-0.15, -0.1) is 0 Å². The number of hydrogen-bond donors (Lipinski definition) is 0. The Morgan fingerprint density at radius 2 is 2.07 bits per heavy atom. The van der Waals surface area contributed by atoms with Gasteiger partial charge in [0, 0.05) is 8.07 Å². The summed E-state index contributed by atoms with van der Waals surface area (Å²) < 4.78 is 5.71. The smallest absolute Gasteiger partial charge is 0.119 e. The van der Waals surface area contributed by atoms with Crippen molar-refractivity contribution < 1.29 is 4.74 Å². The van der Waals surface area contributed by atoms with Crippen molar-refractivity contribution >= 4 is 14.1 Å². The van der Waals surface area contributed by atoms with Gasteiger partial charge in [-0.2, -0.15) is 0 Å². The minimum atomic E-state index is -0.978. The van der Waals surface area contributed by atoms with Gasteiger partial charge in [-0.1, -0.05) is 44.4 Å². The first-order chi connectivity index (χ1) is 7.01. The van der Waals surface area contributed by atoms with Crippen LogP contribution in [0, 0.1) is 0 Å². The average molecular weight is 220 g/mol. The van der Waals surface area contributed by atoms with Crippen LogP contribution in [0.1, 0.15) is 5.56 Å². The van der Waals surface area contributed by atoms with Crippen LogP contribution in [0.15, 0.2) is 30.8 Å². The molecule has 0 spiro atoms. The van der Waals surface area contributed by atoms with Crippen molar-refractivity contribution in [1.82, 2.24) is 0 Å². The van der Waals surface area contributed by atoms with Crippen molar-refractivity contribution in [2.24, 2.45) is 0 Å². The summed E-state index contributed by atoms with van der Waals surface area (Å²) in [5.41, 5.74) is 1.11. The molecule has 15 heavy (non-hydrogen) atoms. The van der Waals surface area contributed by atoms with Gasteiger partial charge in [-0.3, -0.25) is 0 Å². The van der Waals surface area contributed by atoms with E-state index in [0.29, 0.717) is 0 Å². The average Bonchev–Trinajstić information content (AvgIpc) is 2.16. The van der Waals surface area contributed by atoms with Gasteiger partial charge in [-0.25, -0.2) is 0 Å². The second-order valence-corrected chi connectivity index (χ2v) is 10.6. The number of rotatable bonds is 5. The molecule has 0 aliphatic rings. The van der Waals surface area contributed by atoms with Crippen molar-refractivity contribution in [3.63, 3.8) is 0 Å². The van der Waals surface area contributed by atoms with Gasteiger partial charge in [0.05, 0.1) is 6.61 Å². The van der Waals surface area contributed by atoms with E-state index in [9.17, 15) is 0 Å². The highest BCUT2D eigenvalue weighted by Crippen LogP contribution is 2.16. The summed E-state index contributed by atoms with van der Waals surface area (Å²) in [4.78, 5) is 0. The van der Waals surface area contributed by atoms with Gasteiger partial charge in [0.1, 0.15) is 5.75 Å². The normalized spacial score (nSPS) is 11.1. The highest BCUT2D eigenvalue weighted by molar-refractivity contribution is 6.76. The SMILES string of the molecule is C=Cc1cccc(OCC[Si](C)(C)C)c1. The molecule has 0 radical (unpaired) electrons. The van der Waals surface area contributed by atoms with E-state index < -0.39 is 8.07 Å². The third-order valence-electron chi connectivity index (χ3n) is 2.21. The van der Waals surface area contributed by atoms with Crippen LogP contribution in [0.5, 0.6) is 5.75 Å². The molecule has 0 heterocycles. The van der Waals surface area contributed by atoms with Crippen LogP contribution in [0.25, 0.3) is 6.08 Å². The first kappa shape index (κ1) is 12.0. The second-order valence-electron chi connectivity index (χ2n) is 4.94. The predicted molar refractivity (Wildman–Crippen MR) is 70.2 cm³/mol. The Hall–Kier alpha value is -1.02. The number of hydrogen-bond acceptors (Lipinski definition) is 1. The lowest BCUT2D eigenvalue weighted by atomic mass is 10.2. The third-order valence-corrected chi connectivity index (χ3v) is 3.92. The summed E-state index contributed by atoms with van der Waals surface area (Å²) in [6.45, 7) is 11.6. The van der Waals surface area contributed by atoms with Crippen molar-refractivity contribution in [3.05, 3.63) is 36.4 Å². The zero-order valence-electron chi connectivity index (χ0n) is 9.92. The topological polar surface area (TPSA) is 9.23 Å². The highest BCUT2D eigenvalue weighted by Gasteiger charge is 2.12. The zero-order chi connectivity index (χ0) is 11.3. The predicted octanol–water partition coefficient (Wildman–Crippen LogP) is 4.05. The van der Waals surface area contributed by atoms with E-state index in [1.54, 1.807) is 0 Å². The molecule has 1 aromatic carbocycles. The molecule has 2 heteroatoms. The van der Waals surface area contributed by atoms with Crippen molar-refractivity contribution in [2.75, 3.05) is 6.61 Å². The van der Waals surface area contributed by atoms with E-state index >= 15 is 0 Å². The van der Waals surface area contributed by atoms with Crippen LogP contribution in [-0.4, -0.2) is 14.7 Å². The van der Waals surface area contributed by atoms with E-state index in [-0.39, 0.29) is 0 Å². The summed E-state index contributed by atoms with van der Waals surface area (Å²) in [6, 6.07) is 9.25. The minimum Gasteiger partial charge on any atom is -0.494 e. The Morgan fingerprint density at radius 3 is 2.67 bits per heavy atom. The minimum absolute atomic E-state index is 0.830. The molecule has 0 N–H and O–H groups in total. The largest absolute Gasteiger partial charge is 0.494 e. The van der Waals surface area contributed by atoms with Crippen molar-refractivity contribution in [2.45, 2.75) is 25.7 Å². The molecule has 0 aromatic heterocycles. The fourth-order valence-corrected chi connectivity index (χ4v) is 1.92. The second kappa shape index (κ2) is 5.17. The monoisotopic (exact) mass is 220 g/mol. The molecule has 0 atom stereocenters. The Balaban J connectivity index is 2.47. The molecule has 0 aliphatic heterocycles. The Bertz CT molecular complexity index is 326. The van der Waals surface area contributed by atoms with E-state index in [0.717, 1.165) is 17.9 Å². The van der Waals surface area contributed by atoms with Gasteiger partial charge >= 0.3 is 0 Å². The van der Waals surface area contributed by atoms with Crippen LogP contribution in [0.2, 0.25) is 25.7 Å². The fraction of sp³-hybridized carbons (Fsp3) is 0.385. The lowest BCUT2D eigenvalue weighted by molar-refractivity contribution is 0.338. The fourth-order valence-electron chi connectivity index (χ4n) is 1.21.